The van der Waals surface area contributed by atoms with Crippen LogP contribution in [0.1, 0.15) is 35.7 Å². The summed E-state index contributed by atoms with van der Waals surface area (Å²) in [4.78, 5) is 12.2. The van der Waals surface area contributed by atoms with Crippen molar-refractivity contribution in [1.82, 2.24) is 9.78 Å². The summed E-state index contributed by atoms with van der Waals surface area (Å²) in [5, 5.41) is 7.53. The molecule has 1 aromatic carbocycles. The molecule has 1 aliphatic carbocycles. The molecule has 1 aliphatic rings. The molecule has 4 heteroatoms. The summed E-state index contributed by atoms with van der Waals surface area (Å²) in [6, 6.07) is 6.04. The van der Waals surface area contributed by atoms with Crippen LogP contribution in [0.5, 0.6) is 0 Å². The van der Waals surface area contributed by atoms with E-state index in [0.717, 1.165) is 29.8 Å². The number of hydrogen-bond donors (Lipinski definition) is 1. The minimum Gasteiger partial charge on any atom is -0.324 e. The van der Waals surface area contributed by atoms with Crippen molar-refractivity contribution in [1.29, 1.82) is 0 Å². The Balaban J connectivity index is 1.67. The first kappa shape index (κ1) is 14.8. The minimum atomic E-state index is -0.0279. The molecular weight excluding hydrogens is 274 g/mol. The van der Waals surface area contributed by atoms with Gasteiger partial charge in [-0.05, 0) is 56.2 Å². The number of fused-ring (bicyclic) bond motifs is 1. The maximum Gasteiger partial charge on any atom is 0.246 e. The van der Waals surface area contributed by atoms with Crippen LogP contribution < -0.4 is 5.32 Å². The maximum atomic E-state index is 12.2. The van der Waals surface area contributed by atoms with Crippen molar-refractivity contribution < 1.29 is 4.79 Å². The van der Waals surface area contributed by atoms with Crippen LogP contribution in [0.3, 0.4) is 0 Å². The molecule has 22 heavy (non-hydrogen) atoms. The van der Waals surface area contributed by atoms with Crippen molar-refractivity contribution in [3.63, 3.8) is 0 Å². The molecule has 1 N–H and O–H groups in total. The van der Waals surface area contributed by atoms with E-state index in [1.54, 1.807) is 4.68 Å². The number of benzene rings is 1. The summed E-state index contributed by atoms with van der Waals surface area (Å²) in [7, 11) is 0. The van der Waals surface area contributed by atoms with Crippen molar-refractivity contribution in [2.75, 3.05) is 5.32 Å². The van der Waals surface area contributed by atoms with Gasteiger partial charge < -0.3 is 5.32 Å². The van der Waals surface area contributed by atoms with Crippen molar-refractivity contribution in [2.45, 2.75) is 46.6 Å². The number of carbonyl (C=O) groups is 1. The lowest BCUT2D eigenvalue weighted by Gasteiger charge is -2.15. The van der Waals surface area contributed by atoms with Gasteiger partial charge in [-0.15, -0.1) is 0 Å². The van der Waals surface area contributed by atoms with Gasteiger partial charge in [-0.25, -0.2) is 0 Å². The molecule has 0 aliphatic heterocycles. The fourth-order valence-electron chi connectivity index (χ4n) is 3.12. The molecule has 0 fully saturated rings. The summed E-state index contributed by atoms with van der Waals surface area (Å²) in [5.74, 6) is 0.689. The highest BCUT2D eigenvalue weighted by Gasteiger charge is 2.19. The molecule has 1 amide bonds. The molecule has 116 valence electrons. The number of aryl methyl sites for hydroxylation is 3. The second kappa shape index (κ2) is 5.95. The van der Waals surface area contributed by atoms with E-state index in [0.29, 0.717) is 5.92 Å². The Bertz CT molecular complexity index is 702. The van der Waals surface area contributed by atoms with Gasteiger partial charge in [0.05, 0.1) is 5.69 Å². The van der Waals surface area contributed by atoms with Gasteiger partial charge in [0.1, 0.15) is 6.54 Å². The number of nitrogens with zero attached hydrogens (tertiary/aromatic N) is 2. The highest BCUT2D eigenvalue weighted by Crippen LogP contribution is 2.24. The Morgan fingerprint density at radius 3 is 3.00 bits per heavy atom. The second-order valence-corrected chi connectivity index (χ2v) is 6.51. The van der Waals surface area contributed by atoms with E-state index in [9.17, 15) is 4.79 Å². The fraction of sp³-hybridized carbons (Fsp3) is 0.444. The topological polar surface area (TPSA) is 46.9 Å². The highest BCUT2D eigenvalue weighted by molar-refractivity contribution is 5.91. The first-order chi connectivity index (χ1) is 10.5. The Hall–Kier alpha value is -2.10. The van der Waals surface area contributed by atoms with E-state index >= 15 is 0 Å². The third kappa shape index (κ3) is 3.21. The SMILES string of the molecule is Cc1ccc(NC(=O)Cn2cc3c(n2)CCC(C)C3)c(C)c1. The zero-order valence-electron chi connectivity index (χ0n) is 13.5. The third-order valence-corrected chi connectivity index (χ3v) is 4.33. The highest BCUT2D eigenvalue weighted by atomic mass is 16.2. The average molecular weight is 297 g/mol. The molecular formula is C18H23N3O. The minimum absolute atomic E-state index is 0.0279. The maximum absolute atomic E-state index is 12.2. The molecule has 0 saturated carbocycles. The Labute approximate surface area is 131 Å². The zero-order chi connectivity index (χ0) is 15.7. The fourth-order valence-corrected chi connectivity index (χ4v) is 3.12. The number of anilines is 1. The van der Waals surface area contributed by atoms with E-state index in [1.807, 2.05) is 32.2 Å². The molecule has 4 nitrogen and oxygen atoms in total. The van der Waals surface area contributed by atoms with Gasteiger partial charge >= 0.3 is 0 Å². The first-order valence-corrected chi connectivity index (χ1v) is 7.93. The van der Waals surface area contributed by atoms with Gasteiger partial charge in [0.2, 0.25) is 5.91 Å². The van der Waals surface area contributed by atoms with Crippen molar-refractivity contribution in [3.05, 3.63) is 46.8 Å². The molecule has 0 saturated heterocycles. The van der Waals surface area contributed by atoms with E-state index in [-0.39, 0.29) is 12.5 Å². The van der Waals surface area contributed by atoms with E-state index in [1.165, 1.54) is 17.5 Å². The van der Waals surface area contributed by atoms with Crippen molar-refractivity contribution in [3.8, 4) is 0 Å². The van der Waals surface area contributed by atoms with Gasteiger partial charge in [0.25, 0.3) is 0 Å². The summed E-state index contributed by atoms with van der Waals surface area (Å²) in [6.07, 6.45) is 5.33. The number of nitrogens with one attached hydrogen (secondary N) is 1. The van der Waals surface area contributed by atoms with E-state index < -0.39 is 0 Å². The zero-order valence-corrected chi connectivity index (χ0v) is 13.5. The van der Waals surface area contributed by atoms with Gasteiger partial charge in [0, 0.05) is 11.9 Å². The molecule has 3 rings (SSSR count). The van der Waals surface area contributed by atoms with Crippen LogP contribution >= 0.6 is 0 Å². The van der Waals surface area contributed by atoms with Gasteiger partial charge in [-0.2, -0.15) is 5.10 Å². The van der Waals surface area contributed by atoms with Crippen LogP contribution in [0.4, 0.5) is 5.69 Å². The lowest BCUT2D eigenvalue weighted by Crippen LogP contribution is -2.19. The van der Waals surface area contributed by atoms with E-state index in [2.05, 4.69) is 23.4 Å². The van der Waals surface area contributed by atoms with Gasteiger partial charge in [0.15, 0.2) is 0 Å². The summed E-state index contributed by atoms with van der Waals surface area (Å²) < 4.78 is 1.78. The number of carbonyl (C=O) groups excluding carboxylic acids is 1. The molecule has 0 radical (unpaired) electrons. The molecule has 1 heterocycles. The van der Waals surface area contributed by atoms with Crippen LogP contribution in [0.15, 0.2) is 24.4 Å². The Kier molecular flexibility index (Phi) is 4.01. The number of hydrogen-bond acceptors (Lipinski definition) is 2. The number of rotatable bonds is 3. The largest absolute Gasteiger partial charge is 0.324 e. The Morgan fingerprint density at radius 2 is 2.23 bits per heavy atom. The molecule has 2 aromatic rings. The normalized spacial score (nSPS) is 17.1. The summed E-state index contributed by atoms with van der Waals surface area (Å²) in [6.45, 7) is 6.60. The second-order valence-electron chi connectivity index (χ2n) is 6.51. The van der Waals surface area contributed by atoms with Crippen molar-refractivity contribution >= 4 is 11.6 Å². The van der Waals surface area contributed by atoms with Crippen LogP contribution in [0.25, 0.3) is 0 Å². The van der Waals surface area contributed by atoms with Crippen molar-refractivity contribution in [2.24, 2.45) is 5.92 Å². The quantitative estimate of drug-likeness (QED) is 0.945. The average Bonchev–Trinajstić information content (AvgIpc) is 2.83. The smallest absolute Gasteiger partial charge is 0.246 e. The number of aromatic nitrogens is 2. The lowest BCUT2D eigenvalue weighted by molar-refractivity contribution is -0.116. The van der Waals surface area contributed by atoms with Crippen LogP contribution in [-0.2, 0) is 24.2 Å². The Morgan fingerprint density at radius 1 is 1.41 bits per heavy atom. The standard InChI is InChI=1S/C18H23N3O/c1-12-4-6-16(14(3)8-12)19-18(22)11-21-10-15-9-13(2)5-7-17(15)20-21/h4,6,8,10,13H,5,7,9,11H2,1-3H3,(H,19,22). The first-order valence-electron chi connectivity index (χ1n) is 7.93. The monoisotopic (exact) mass is 297 g/mol. The van der Waals surface area contributed by atoms with Crippen LogP contribution in [0.2, 0.25) is 0 Å². The van der Waals surface area contributed by atoms with Crippen LogP contribution in [0, 0.1) is 19.8 Å². The predicted octanol–water partition coefficient (Wildman–Crippen LogP) is 3.26. The van der Waals surface area contributed by atoms with Crippen LogP contribution in [-0.4, -0.2) is 15.7 Å². The molecule has 1 aromatic heterocycles. The molecule has 0 bridgehead atoms. The summed E-state index contributed by atoms with van der Waals surface area (Å²) in [5.41, 5.74) is 5.63. The molecule has 1 atom stereocenters. The van der Waals surface area contributed by atoms with E-state index in [4.69, 9.17) is 0 Å². The predicted molar refractivity (Wildman–Crippen MR) is 88.0 cm³/mol. The molecule has 0 spiro atoms. The van der Waals surface area contributed by atoms with Gasteiger partial charge in [-0.3, -0.25) is 9.48 Å². The number of amides is 1. The van der Waals surface area contributed by atoms with Gasteiger partial charge in [-0.1, -0.05) is 24.6 Å². The molecule has 1 unspecified atom stereocenters. The lowest BCUT2D eigenvalue weighted by atomic mass is 9.89. The third-order valence-electron chi connectivity index (χ3n) is 4.33. The summed E-state index contributed by atoms with van der Waals surface area (Å²) >= 11 is 0.